The van der Waals surface area contributed by atoms with E-state index in [4.69, 9.17) is 4.42 Å². The molecule has 2 N–H and O–H groups in total. The van der Waals surface area contributed by atoms with E-state index >= 15 is 0 Å². The van der Waals surface area contributed by atoms with E-state index in [2.05, 4.69) is 27.4 Å². The van der Waals surface area contributed by atoms with Crippen molar-refractivity contribution in [3.63, 3.8) is 0 Å². The molecule has 2 unspecified atom stereocenters. The lowest BCUT2D eigenvalue weighted by atomic mass is 10.1. The molecule has 1 saturated heterocycles. The largest absolute Gasteiger partial charge is 0.446 e. The molecule has 6 heteroatoms. The van der Waals surface area contributed by atoms with Gasteiger partial charge in [0, 0.05) is 13.0 Å². The first-order valence-electron chi connectivity index (χ1n) is 7.18. The summed E-state index contributed by atoms with van der Waals surface area (Å²) in [4.78, 5) is 15.2. The molecule has 1 aliphatic rings. The molecule has 2 rings (SSSR count). The fourth-order valence-electron chi connectivity index (χ4n) is 2.46. The van der Waals surface area contributed by atoms with Gasteiger partial charge in [-0.3, -0.25) is 0 Å². The highest BCUT2D eigenvalue weighted by Gasteiger charge is 2.18. The second kappa shape index (κ2) is 8.44. The summed E-state index contributed by atoms with van der Waals surface area (Å²) in [6, 6.07) is -0.401. The second-order valence-electron chi connectivity index (χ2n) is 5.10. The molecular weight excluding hydrogens is 274 g/mol. The summed E-state index contributed by atoms with van der Waals surface area (Å²) in [6.45, 7) is 1.94. The minimum atomic E-state index is -0.401. The molecule has 0 amide bonds. The number of nitrogens with one attached hydrogen (secondary N) is 2. The molecule has 1 aromatic heterocycles. The average molecular weight is 297 g/mol. The molecule has 1 aromatic rings. The minimum Gasteiger partial charge on any atom is -0.446 e. The molecule has 2 heterocycles. The van der Waals surface area contributed by atoms with Gasteiger partial charge in [-0.05, 0) is 43.9 Å². The molecule has 0 aliphatic carbocycles. The van der Waals surface area contributed by atoms with Crippen LogP contribution in [0.2, 0.25) is 0 Å². The van der Waals surface area contributed by atoms with E-state index in [0.29, 0.717) is 5.76 Å². The van der Waals surface area contributed by atoms with E-state index in [1.165, 1.54) is 30.7 Å². The highest BCUT2D eigenvalue weighted by molar-refractivity contribution is 7.99. The van der Waals surface area contributed by atoms with Gasteiger partial charge in [0.25, 0.3) is 0 Å². The van der Waals surface area contributed by atoms with Crippen LogP contribution < -0.4 is 10.6 Å². The van der Waals surface area contributed by atoms with Crippen molar-refractivity contribution in [2.24, 2.45) is 5.92 Å². The van der Waals surface area contributed by atoms with Crippen LogP contribution in [0.25, 0.3) is 0 Å². The fraction of sp³-hybridized carbons (Fsp3) is 0.714. The number of hydrogen-bond acceptors (Lipinski definition) is 6. The van der Waals surface area contributed by atoms with Gasteiger partial charge in [0.05, 0.1) is 5.69 Å². The van der Waals surface area contributed by atoms with E-state index in [0.717, 1.165) is 37.4 Å². The third-order valence-corrected chi connectivity index (χ3v) is 4.91. The SMILES string of the molecule is CNC(C=O)c1ocnc1CCNCC1CCCSC1. The lowest BCUT2D eigenvalue weighted by Crippen LogP contribution is -2.28. The number of carbonyl (C=O) groups excluding carboxylic acids is 1. The summed E-state index contributed by atoms with van der Waals surface area (Å²) in [6.07, 6.45) is 5.72. The summed E-state index contributed by atoms with van der Waals surface area (Å²) >= 11 is 2.06. The van der Waals surface area contributed by atoms with E-state index in [1.807, 2.05) is 0 Å². The zero-order chi connectivity index (χ0) is 14.2. The summed E-state index contributed by atoms with van der Waals surface area (Å²) in [5.74, 6) is 4.02. The van der Waals surface area contributed by atoms with Gasteiger partial charge in [-0.25, -0.2) is 4.98 Å². The highest BCUT2D eigenvalue weighted by Crippen LogP contribution is 2.21. The monoisotopic (exact) mass is 297 g/mol. The minimum absolute atomic E-state index is 0.401. The molecule has 20 heavy (non-hydrogen) atoms. The Labute approximate surface area is 124 Å². The quantitative estimate of drug-likeness (QED) is 0.558. The summed E-state index contributed by atoms with van der Waals surface area (Å²) in [7, 11) is 1.74. The highest BCUT2D eigenvalue weighted by atomic mass is 32.2. The number of hydrogen-bond donors (Lipinski definition) is 2. The van der Waals surface area contributed by atoms with Crippen molar-refractivity contribution in [3.05, 3.63) is 17.8 Å². The Balaban J connectivity index is 1.73. The van der Waals surface area contributed by atoms with Crippen molar-refractivity contribution in [1.82, 2.24) is 15.6 Å². The van der Waals surface area contributed by atoms with Gasteiger partial charge in [-0.1, -0.05) is 0 Å². The Kier molecular flexibility index (Phi) is 6.56. The number of oxazole rings is 1. The van der Waals surface area contributed by atoms with Crippen LogP contribution in [-0.2, 0) is 11.2 Å². The molecule has 2 atom stereocenters. The Morgan fingerprint density at radius 2 is 2.55 bits per heavy atom. The van der Waals surface area contributed by atoms with Gasteiger partial charge in [-0.15, -0.1) is 0 Å². The average Bonchev–Trinajstić information content (AvgIpc) is 2.95. The van der Waals surface area contributed by atoms with Gasteiger partial charge < -0.3 is 19.8 Å². The lowest BCUT2D eigenvalue weighted by molar-refractivity contribution is -0.109. The third-order valence-electron chi connectivity index (χ3n) is 3.63. The van der Waals surface area contributed by atoms with Crippen LogP contribution in [0.15, 0.2) is 10.8 Å². The molecule has 0 aromatic carbocycles. The Bertz CT molecular complexity index is 405. The Morgan fingerprint density at radius 1 is 1.65 bits per heavy atom. The summed E-state index contributed by atoms with van der Waals surface area (Å²) in [5.41, 5.74) is 0.863. The van der Waals surface area contributed by atoms with E-state index < -0.39 is 6.04 Å². The normalized spacial score (nSPS) is 20.8. The van der Waals surface area contributed by atoms with E-state index in [-0.39, 0.29) is 0 Å². The molecule has 1 aliphatic heterocycles. The third kappa shape index (κ3) is 4.33. The lowest BCUT2D eigenvalue weighted by Gasteiger charge is -2.21. The van der Waals surface area contributed by atoms with Crippen LogP contribution >= 0.6 is 11.8 Å². The second-order valence-corrected chi connectivity index (χ2v) is 6.25. The van der Waals surface area contributed by atoms with Crippen molar-refractivity contribution in [3.8, 4) is 0 Å². The fourth-order valence-corrected chi connectivity index (χ4v) is 3.62. The first-order chi connectivity index (χ1) is 9.85. The topological polar surface area (TPSA) is 67.2 Å². The standard InChI is InChI=1S/C14H23N3O2S/c1-15-13(8-18)14-12(17-10-19-14)4-5-16-7-11-3-2-6-20-9-11/h8,10-11,13,15-16H,2-7,9H2,1H3. The number of rotatable bonds is 8. The molecule has 112 valence electrons. The van der Waals surface area contributed by atoms with Gasteiger partial charge in [0.15, 0.2) is 12.2 Å². The molecule has 5 nitrogen and oxygen atoms in total. The predicted octanol–water partition coefficient (Wildman–Crippen LogP) is 1.41. The van der Waals surface area contributed by atoms with Gasteiger partial charge in [0.2, 0.25) is 0 Å². The number of nitrogens with zero attached hydrogens (tertiary/aromatic N) is 1. The molecule has 0 radical (unpaired) electrons. The number of aldehydes is 1. The smallest absolute Gasteiger partial charge is 0.181 e. The maximum atomic E-state index is 11.0. The molecular formula is C14H23N3O2S. The van der Waals surface area contributed by atoms with Crippen LogP contribution in [0.1, 0.15) is 30.3 Å². The van der Waals surface area contributed by atoms with E-state index in [1.54, 1.807) is 7.05 Å². The first-order valence-corrected chi connectivity index (χ1v) is 8.34. The van der Waals surface area contributed by atoms with Crippen molar-refractivity contribution in [2.45, 2.75) is 25.3 Å². The predicted molar refractivity (Wildman–Crippen MR) is 81.0 cm³/mol. The molecule has 1 fully saturated rings. The molecule has 0 spiro atoms. The van der Waals surface area contributed by atoms with Crippen LogP contribution in [0.4, 0.5) is 0 Å². The van der Waals surface area contributed by atoms with Crippen molar-refractivity contribution in [1.29, 1.82) is 0 Å². The van der Waals surface area contributed by atoms with Crippen molar-refractivity contribution in [2.75, 3.05) is 31.6 Å². The number of carbonyl (C=O) groups is 1. The zero-order valence-electron chi connectivity index (χ0n) is 11.9. The van der Waals surface area contributed by atoms with Gasteiger partial charge in [0.1, 0.15) is 12.3 Å². The van der Waals surface area contributed by atoms with Crippen LogP contribution in [0.3, 0.4) is 0 Å². The van der Waals surface area contributed by atoms with Crippen LogP contribution in [0, 0.1) is 5.92 Å². The van der Waals surface area contributed by atoms with Gasteiger partial charge in [-0.2, -0.15) is 11.8 Å². The molecule has 0 saturated carbocycles. The zero-order valence-corrected chi connectivity index (χ0v) is 12.7. The van der Waals surface area contributed by atoms with Crippen molar-refractivity contribution < 1.29 is 9.21 Å². The maximum absolute atomic E-state index is 11.0. The molecule has 0 bridgehead atoms. The number of likely N-dealkylation sites (N-methyl/N-ethyl adjacent to an activating group) is 1. The summed E-state index contributed by atoms with van der Waals surface area (Å²) in [5, 5.41) is 6.40. The summed E-state index contributed by atoms with van der Waals surface area (Å²) < 4.78 is 5.32. The van der Waals surface area contributed by atoms with Crippen LogP contribution in [-0.4, -0.2) is 42.9 Å². The number of aromatic nitrogens is 1. The number of thioether (sulfide) groups is 1. The Hall–Kier alpha value is -0.850. The Morgan fingerprint density at radius 3 is 3.25 bits per heavy atom. The maximum Gasteiger partial charge on any atom is 0.181 e. The van der Waals surface area contributed by atoms with Gasteiger partial charge >= 0.3 is 0 Å². The van der Waals surface area contributed by atoms with Crippen LogP contribution in [0.5, 0.6) is 0 Å². The first kappa shape index (κ1) is 15.5. The van der Waals surface area contributed by atoms with Crippen molar-refractivity contribution >= 4 is 18.0 Å². The van der Waals surface area contributed by atoms with E-state index in [9.17, 15) is 4.79 Å².